The number of nitrogen functional groups attached to an aromatic ring is 1. The van der Waals surface area contributed by atoms with Gasteiger partial charge in [0, 0.05) is 12.4 Å². The highest BCUT2D eigenvalue weighted by Crippen LogP contribution is 2.31. The maximum absolute atomic E-state index is 12.1. The lowest BCUT2D eigenvalue weighted by Crippen LogP contribution is -2.17. The van der Waals surface area contributed by atoms with Gasteiger partial charge in [0.25, 0.3) is 5.91 Å². The molecule has 0 aliphatic carbocycles. The normalized spacial score (nSPS) is 11.2. The van der Waals surface area contributed by atoms with Crippen molar-refractivity contribution in [1.82, 2.24) is 9.97 Å². The fraction of sp³-hybridized carbons (Fsp3) is 0.267. The van der Waals surface area contributed by atoms with Crippen molar-refractivity contribution in [3.05, 3.63) is 41.9 Å². The van der Waals surface area contributed by atoms with Crippen LogP contribution in [-0.2, 0) is 5.41 Å². The van der Waals surface area contributed by atoms with Gasteiger partial charge in [-0.1, -0.05) is 26.8 Å². The van der Waals surface area contributed by atoms with Gasteiger partial charge in [0.15, 0.2) is 11.5 Å². The van der Waals surface area contributed by atoms with E-state index >= 15 is 0 Å². The molecule has 1 amide bonds. The molecule has 0 fully saturated rings. The second-order valence-electron chi connectivity index (χ2n) is 5.73. The number of nitrogens with one attached hydrogen (secondary N) is 1. The molecule has 0 unspecified atom stereocenters. The van der Waals surface area contributed by atoms with E-state index in [-0.39, 0.29) is 22.7 Å². The summed E-state index contributed by atoms with van der Waals surface area (Å²) in [6, 6.07) is 5.11. The van der Waals surface area contributed by atoms with Gasteiger partial charge in [-0.2, -0.15) is 0 Å². The van der Waals surface area contributed by atoms with Crippen LogP contribution in [0.15, 0.2) is 30.6 Å². The number of carbonyl (C=O) groups is 1. The molecule has 0 spiro atoms. The summed E-state index contributed by atoms with van der Waals surface area (Å²) < 4.78 is 0. The number of aromatic hydroxyl groups is 1. The summed E-state index contributed by atoms with van der Waals surface area (Å²) in [5.41, 5.74) is 6.85. The first-order valence-electron chi connectivity index (χ1n) is 6.50. The first-order chi connectivity index (χ1) is 9.79. The average molecular weight is 286 g/mol. The van der Waals surface area contributed by atoms with Gasteiger partial charge in [-0.15, -0.1) is 0 Å². The van der Waals surface area contributed by atoms with E-state index in [4.69, 9.17) is 5.73 Å². The highest BCUT2D eigenvalue weighted by atomic mass is 16.3. The first-order valence-corrected chi connectivity index (χ1v) is 6.50. The Kier molecular flexibility index (Phi) is 3.80. The Morgan fingerprint density at radius 3 is 2.52 bits per heavy atom. The molecule has 0 atom stereocenters. The predicted molar refractivity (Wildman–Crippen MR) is 81.2 cm³/mol. The van der Waals surface area contributed by atoms with Crippen LogP contribution in [0, 0.1) is 0 Å². The van der Waals surface area contributed by atoms with Gasteiger partial charge in [-0.3, -0.25) is 4.79 Å². The zero-order valence-corrected chi connectivity index (χ0v) is 12.2. The number of phenols is 1. The minimum Gasteiger partial charge on any atom is -0.506 e. The molecule has 0 aliphatic rings. The van der Waals surface area contributed by atoms with Gasteiger partial charge in [0.2, 0.25) is 0 Å². The molecule has 21 heavy (non-hydrogen) atoms. The van der Waals surface area contributed by atoms with Gasteiger partial charge in [0.05, 0.1) is 5.69 Å². The number of hydrogen-bond acceptors (Lipinski definition) is 5. The van der Waals surface area contributed by atoms with Crippen LogP contribution in [0.5, 0.6) is 5.75 Å². The quantitative estimate of drug-likeness (QED) is 0.735. The Bertz CT molecular complexity index is 678. The maximum Gasteiger partial charge on any atom is 0.278 e. The molecular weight excluding hydrogens is 268 g/mol. The van der Waals surface area contributed by atoms with E-state index in [1.54, 1.807) is 12.1 Å². The Morgan fingerprint density at radius 2 is 1.90 bits per heavy atom. The van der Waals surface area contributed by atoms with E-state index in [1.807, 2.05) is 26.8 Å². The highest BCUT2D eigenvalue weighted by Gasteiger charge is 2.18. The number of hydrogen-bond donors (Lipinski definition) is 3. The van der Waals surface area contributed by atoms with Crippen molar-refractivity contribution in [3.8, 4) is 5.75 Å². The zero-order chi connectivity index (χ0) is 15.6. The van der Waals surface area contributed by atoms with Crippen molar-refractivity contribution in [2.45, 2.75) is 26.2 Å². The van der Waals surface area contributed by atoms with Crippen molar-refractivity contribution < 1.29 is 9.90 Å². The summed E-state index contributed by atoms with van der Waals surface area (Å²) in [5.74, 6) is -0.484. The minimum atomic E-state index is -0.512. The number of aromatic nitrogens is 2. The number of amides is 1. The standard InChI is InChI=1S/C15H18N4O2/c1-15(2,3)9-4-5-11(20)10(8-9)19-14(21)12-13(16)18-7-6-17-12/h4-8,20H,1-3H3,(H2,16,18)(H,19,21). The van der Waals surface area contributed by atoms with Crippen molar-refractivity contribution in [2.24, 2.45) is 0 Å². The third kappa shape index (κ3) is 3.28. The molecule has 110 valence electrons. The SMILES string of the molecule is CC(C)(C)c1ccc(O)c(NC(=O)c2nccnc2N)c1. The second-order valence-corrected chi connectivity index (χ2v) is 5.73. The van der Waals surface area contributed by atoms with Gasteiger partial charge >= 0.3 is 0 Å². The third-order valence-electron chi connectivity index (χ3n) is 3.05. The van der Waals surface area contributed by atoms with Crippen molar-refractivity contribution in [3.63, 3.8) is 0 Å². The molecule has 2 aromatic rings. The number of rotatable bonds is 2. The second kappa shape index (κ2) is 5.40. The molecule has 0 saturated heterocycles. The zero-order valence-electron chi connectivity index (χ0n) is 12.2. The van der Waals surface area contributed by atoms with Crippen molar-refractivity contribution >= 4 is 17.4 Å². The summed E-state index contributed by atoms with van der Waals surface area (Å²) in [4.78, 5) is 19.9. The highest BCUT2D eigenvalue weighted by molar-refractivity contribution is 6.06. The van der Waals surface area contributed by atoms with E-state index in [1.165, 1.54) is 12.4 Å². The van der Waals surface area contributed by atoms with Crippen LogP contribution in [0.2, 0.25) is 0 Å². The molecule has 0 radical (unpaired) electrons. The lowest BCUT2D eigenvalue weighted by Gasteiger charge is -2.20. The van der Waals surface area contributed by atoms with Crippen LogP contribution in [0.25, 0.3) is 0 Å². The van der Waals surface area contributed by atoms with E-state index in [2.05, 4.69) is 15.3 Å². The number of nitrogens with two attached hydrogens (primary N) is 1. The number of anilines is 2. The monoisotopic (exact) mass is 286 g/mol. The van der Waals surface area contributed by atoms with Gasteiger partial charge in [-0.05, 0) is 23.1 Å². The molecule has 6 nitrogen and oxygen atoms in total. The Morgan fingerprint density at radius 1 is 1.24 bits per heavy atom. The Balaban J connectivity index is 2.31. The van der Waals surface area contributed by atoms with Crippen LogP contribution >= 0.6 is 0 Å². The Hall–Kier alpha value is -2.63. The predicted octanol–water partition coefficient (Wildman–Crippen LogP) is 2.31. The molecule has 0 aliphatic heterocycles. The van der Waals surface area contributed by atoms with E-state index in [0.717, 1.165) is 5.56 Å². The van der Waals surface area contributed by atoms with Crippen LogP contribution in [-0.4, -0.2) is 21.0 Å². The molecule has 0 bridgehead atoms. The van der Waals surface area contributed by atoms with Gasteiger partial charge in [-0.25, -0.2) is 9.97 Å². The number of phenolic OH excluding ortho intramolecular Hbond substituents is 1. The number of carbonyl (C=O) groups excluding carboxylic acids is 1. The third-order valence-corrected chi connectivity index (χ3v) is 3.05. The van der Waals surface area contributed by atoms with E-state index in [9.17, 15) is 9.90 Å². The van der Waals surface area contributed by atoms with Crippen molar-refractivity contribution in [1.29, 1.82) is 0 Å². The Labute approximate surface area is 123 Å². The molecule has 2 rings (SSSR count). The lowest BCUT2D eigenvalue weighted by atomic mass is 9.87. The topological polar surface area (TPSA) is 101 Å². The molecular formula is C15H18N4O2. The molecule has 1 aromatic carbocycles. The van der Waals surface area contributed by atoms with E-state index < -0.39 is 5.91 Å². The number of benzene rings is 1. The molecule has 1 heterocycles. The largest absolute Gasteiger partial charge is 0.506 e. The molecule has 6 heteroatoms. The van der Waals surface area contributed by atoms with Crippen LogP contribution in [0.1, 0.15) is 36.8 Å². The van der Waals surface area contributed by atoms with Gasteiger partial charge in [0.1, 0.15) is 5.75 Å². The molecule has 4 N–H and O–H groups in total. The average Bonchev–Trinajstić information content (AvgIpc) is 2.40. The molecule has 0 saturated carbocycles. The summed E-state index contributed by atoms with van der Waals surface area (Å²) in [6.45, 7) is 6.14. The summed E-state index contributed by atoms with van der Waals surface area (Å²) >= 11 is 0. The van der Waals surface area contributed by atoms with E-state index in [0.29, 0.717) is 5.69 Å². The minimum absolute atomic E-state index is 0.0150. The fourth-order valence-electron chi connectivity index (χ4n) is 1.81. The fourth-order valence-corrected chi connectivity index (χ4v) is 1.81. The lowest BCUT2D eigenvalue weighted by molar-refractivity contribution is 0.102. The molecule has 1 aromatic heterocycles. The smallest absolute Gasteiger partial charge is 0.278 e. The first kappa shape index (κ1) is 14.8. The van der Waals surface area contributed by atoms with Crippen LogP contribution in [0.4, 0.5) is 11.5 Å². The summed E-state index contributed by atoms with van der Waals surface area (Å²) in [7, 11) is 0. The van der Waals surface area contributed by atoms with Crippen LogP contribution in [0.3, 0.4) is 0 Å². The van der Waals surface area contributed by atoms with Gasteiger partial charge < -0.3 is 16.2 Å². The summed E-state index contributed by atoms with van der Waals surface area (Å²) in [6.07, 6.45) is 2.79. The van der Waals surface area contributed by atoms with Crippen molar-refractivity contribution in [2.75, 3.05) is 11.1 Å². The van der Waals surface area contributed by atoms with Crippen LogP contribution < -0.4 is 11.1 Å². The number of nitrogens with zero attached hydrogens (tertiary/aromatic N) is 2. The maximum atomic E-state index is 12.1. The summed E-state index contributed by atoms with van der Waals surface area (Å²) in [5, 5.41) is 12.5.